The van der Waals surface area contributed by atoms with E-state index in [4.69, 9.17) is 14.9 Å². The van der Waals surface area contributed by atoms with E-state index in [1.807, 2.05) is 0 Å². The quantitative estimate of drug-likeness (QED) is 0.378. The summed E-state index contributed by atoms with van der Waals surface area (Å²) in [7, 11) is 6.23. The van der Waals surface area contributed by atoms with Crippen LogP contribution in [-0.4, -0.2) is 68.3 Å². The van der Waals surface area contributed by atoms with Gasteiger partial charge in [0.25, 0.3) is 0 Å². The number of halogens is 1. The topological polar surface area (TPSA) is 49.7 Å². The fraction of sp³-hybridized carbons (Fsp3) is 1.00. The van der Waals surface area contributed by atoms with Gasteiger partial charge in [-0.1, -0.05) is 0 Å². The van der Waals surface area contributed by atoms with Crippen LogP contribution < -0.4 is 17.0 Å². The lowest BCUT2D eigenvalue weighted by Crippen LogP contribution is -3.00. The molecule has 13 heavy (non-hydrogen) atoms. The molecular weight excluding hydrogens is 238 g/mol. The zero-order valence-corrected chi connectivity index (χ0v) is 10.1. The number of quaternary nitrogens is 1. The van der Waals surface area contributed by atoms with Gasteiger partial charge in [0.2, 0.25) is 0 Å². The summed E-state index contributed by atoms with van der Waals surface area (Å²) in [5, 5.41) is 17.4. The van der Waals surface area contributed by atoms with E-state index in [9.17, 15) is 0 Å². The lowest BCUT2D eigenvalue weighted by atomic mass is 10.4. The summed E-state index contributed by atoms with van der Waals surface area (Å²) in [6.07, 6.45) is -0.738. The average molecular weight is 258 g/mol. The predicted octanol–water partition coefficient (Wildman–Crippen LogP) is -3.93. The highest BCUT2D eigenvalue weighted by Gasteiger charge is 2.07. The predicted molar refractivity (Wildman–Crippen MR) is 46.8 cm³/mol. The van der Waals surface area contributed by atoms with Crippen LogP contribution in [-0.2, 0) is 4.74 Å². The molecule has 0 radical (unpaired) electrons. The number of aliphatic hydroxyl groups is 2. The third-order valence-corrected chi connectivity index (χ3v) is 1.43. The molecule has 5 heteroatoms. The Hall–Kier alpha value is 0.320. The molecule has 0 aromatic rings. The molecule has 0 saturated heterocycles. The Morgan fingerprint density at radius 1 is 1.31 bits per heavy atom. The second kappa shape index (κ2) is 7.70. The highest BCUT2D eigenvalue weighted by atomic mass is 79.9. The Morgan fingerprint density at radius 3 is 2.23 bits per heavy atom. The summed E-state index contributed by atoms with van der Waals surface area (Å²) in [5.74, 6) is 0. The van der Waals surface area contributed by atoms with Crippen molar-refractivity contribution in [3.05, 3.63) is 0 Å². The molecule has 2 N–H and O–H groups in total. The van der Waals surface area contributed by atoms with Crippen molar-refractivity contribution in [3.63, 3.8) is 0 Å². The van der Waals surface area contributed by atoms with Gasteiger partial charge in [0.1, 0.15) is 12.6 Å². The lowest BCUT2D eigenvalue weighted by molar-refractivity contribution is -0.870. The number of likely N-dealkylation sites (N-methyl/N-ethyl adjacent to an activating group) is 1. The van der Waals surface area contributed by atoms with Crippen LogP contribution in [0.5, 0.6) is 0 Å². The van der Waals surface area contributed by atoms with Crippen LogP contribution in [0.1, 0.15) is 0 Å². The largest absolute Gasteiger partial charge is 1.00 e. The summed E-state index contributed by atoms with van der Waals surface area (Å²) >= 11 is 0. The van der Waals surface area contributed by atoms with Gasteiger partial charge in [-0.3, -0.25) is 0 Å². The van der Waals surface area contributed by atoms with Crippen LogP contribution in [0.3, 0.4) is 0 Å². The Morgan fingerprint density at radius 2 is 1.85 bits per heavy atom. The first-order valence-electron chi connectivity index (χ1n) is 4.13. The molecule has 4 nitrogen and oxygen atoms in total. The van der Waals surface area contributed by atoms with Gasteiger partial charge >= 0.3 is 0 Å². The summed E-state index contributed by atoms with van der Waals surface area (Å²) < 4.78 is 5.98. The molecule has 0 bridgehead atoms. The molecule has 0 aromatic heterocycles. The van der Waals surface area contributed by atoms with Gasteiger partial charge in [-0.2, -0.15) is 0 Å². The van der Waals surface area contributed by atoms with E-state index >= 15 is 0 Å². The van der Waals surface area contributed by atoms with Gasteiger partial charge < -0.3 is 36.4 Å². The van der Waals surface area contributed by atoms with Gasteiger partial charge in [0.05, 0.1) is 41.0 Å². The fourth-order valence-electron chi connectivity index (χ4n) is 0.610. The molecule has 0 fully saturated rings. The van der Waals surface area contributed by atoms with E-state index in [-0.39, 0.29) is 30.2 Å². The van der Waals surface area contributed by atoms with Crippen molar-refractivity contribution in [2.45, 2.75) is 6.10 Å². The molecule has 1 unspecified atom stereocenters. The first-order valence-corrected chi connectivity index (χ1v) is 4.13. The maximum Gasteiger partial charge on any atom is 0.102 e. The Labute approximate surface area is 90.5 Å². The van der Waals surface area contributed by atoms with E-state index in [1.54, 1.807) is 0 Å². The molecule has 0 aliphatic carbocycles. The van der Waals surface area contributed by atoms with E-state index < -0.39 is 6.10 Å². The van der Waals surface area contributed by atoms with Crippen molar-refractivity contribution in [2.75, 3.05) is 47.5 Å². The van der Waals surface area contributed by atoms with E-state index in [0.29, 0.717) is 6.61 Å². The Kier molecular flexibility index (Phi) is 9.34. The van der Waals surface area contributed by atoms with Gasteiger partial charge in [-0.25, -0.2) is 0 Å². The number of ether oxygens (including phenoxy) is 1. The van der Waals surface area contributed by atoms with Crippen LogP contribution in [0.4, 0.5) is 0 Å². The minimum atomic E-state index is -0.738. The third-order valence-electron chi connectivity index (χ3n) is 1.43. The van der Waals surface area contributed by atoms with Crippen LogP contribution in [0.15, 0.2) is 0 Å². The van der Waals surface area contributed by atoms with Gasteiger partial charge in [-0.05, 0) is 0 Å². The Bertz CT molecular complexity index is 116. The standard InChI is InChI=1S/C8H20NO3.BrH/c1-9(2,3)4-5-12-7-8(11)6-10;/h8,10-11H,4-7H2,1-3H3;1H/q+1;/p-1. The monoisotopic (exact) mass is 257 g/mol. The zero-order chi connectivity index (χ0) is 9.61. The number of rotatable bonds is 6. The molecule has 0 saturated carbocycles. The SMILES string of the molecule is C[N+](C)(C)CCOCC(O)CO.[Br-]. The van der Waals surface area contributed by atoms with Crippen LogP contribution in [0.25, 0.3) is 0 Å². The zero-order valence-electron chi connectivity index (χ0n) is 8.53. The van der Waals surface area contributed by atoms with Crippen LogP contribution in [0.2, 0.25) is 0 Å². The highest BCUT2D eigenvalue weighted by molar-refractivity contribution is 4.48. The summed E-state index contributed by atoms with van der Waals surface area (Å²) in [5.41, 5.74) is 0. The van der Waals surface area contributed by atoms with Gasteiger partial charge in [0, 0.05) is 0 Å². The normalized spacial score (nSPS) is 13.6. The van der Waals surface area contributed by atoms with E-state index in [1.165, 1.54) is 0 Å². The van der Waals surface area contributed by atoms with Crippen molar-refractivity contribution in [1.82, 2.24) is 0 Å². The highest BCUT2D eigenvalue weighted by Crippen LogP contribution is 1.90. The fourth-order valence-corrected chi connectivity index (χ4v) is 0.610. The second-order valence-corrected chi connectivity index (χ2v) is 3.93. The summed E-state index contributed by atoms with van der Waals surface area (Å²) in [6, 6.07) is 0. The average Bonchev–Trinajstić information content (AvgIpc) is 1.96. The van der Waals surface area contributed by atoms with E-state index in [0.717, 1.165) is 11.0 Å². The molecule has 0 spiro atoms. The van der Waals surface area contributed by atoms with E-state index in [2.05, 4.69) is 21.1 Å². The van der Waals surface area contributed by atoms with Gasteiger partial charge in [0.15, 0.2) is 0 Å². The first kappa shape index (κ1) is 15.8. The maximum absolute atomic E-state index is 8.91. The summed E-state index contributed by atoms with van der Waals surface area (Å²) in [6.45, 7) is 1.50. The lowest BCUT2D eigenvalue weighted by Gasteiger charge is -2.23. The molecule has 1 atom stereocenters. The van der Waals surface area contributed by atoms with Crippen molar-refractivity contribution >= 4 is 0 Å². The molecular formula is C8H20BrNO3. The molecule has 0 amide bonds. The molecule has 82 valence electrons. The van der Waals surface area contributed by atoms with Crippen molar-refractivity contribution < 1.29 is 36.4 Å². The van der Waals surface area contributed by atoms with Crippen molar-refractivity contribution in [3.8, 4) is 0 Å². The van der Waals surface area contributed by atoms with Crippen molar-refractivity contribution in [1.29, 1.82) is 0 Å². The van der Waals surface area contributed by atoms with Crippen LogP contribution >= 0.6 is 0 Å². The minimum absolute atomic E-state index is 0. The smallest absolute Gasteiger partial charge is 0.102 e. The first-order chi connectivity index (χ1) is 5.45. The number of aliphatic hydroxyl groups excluding tert-OH is 2. The molecule has 0 heterocycles. The molecule has 0 rings (SSSR count). The van der Waals surface area contributed by atoms with Crippen molar-refractivity contribution in [2.24, 2.45) is 0 Å². The number of nitrogens with zero attached hydrogens (tertiary/aromatic N) is 1. The Balaban J connectivity index is 0. The molecule has 0 aromatic carbocycles. The van der Waals surface area contributed by atoms with Crippen LogP contribution in [0, 0.1) is 0 Å². The number of hydrogen-bond acceptors (Lipinski definition) is 3. The third kappa shape index (κ3) is 12.3. The van der Waals surface area contributed by atoms with Gasteiger partial charge in [-0.15, -0.1) is 0 Å². The summed E-state index contributed by atoms with van der Waals surface area (Å²) in [4.78, 5) is 0. The second-order valence-electron chi connectivity index (χ2n) is 3.93. The maximum atomic E-state index is 8.91. The molecule has 0 aliphatic heterocycles. The molecule has 0 aliphatic rings. The minimum Gasteiger partial charge on any atom is -1.00 e. The number of hydrogen-bond donors (Lipinski definition) is 2.